The fourth-order valence-corrected chi connectivity index (χ4v) is 5.70. The summed E-state index contributed by atoms with van der Waals surface area (Å²) >= 11 is 0. The molecule has 0 rings (SSSR count). The second kappa shape index (κ2) is 46.5. The zero-order valence-corrected chi connectivity index (χ0v) is 37.5. The maximum absolute atomic E-state index is 12.7. The third-order valence-corrected chi connectivity index (χ3v) is 9.15. The van der Waals surface area contributed by atoms with E-state index in [-0.39, 0.29) is 31.6 Å². The van der Waals surface area contributed by atoms with E-state index in [2.05, 4.69) is 81.5 Å². The highest BCUT2D eigenvalue weighted by molar-refractivity contribution is 5.71. The number of hydrogen-bond donors (Lipinski definition) is 0. The Bertz CT molecular complexity index is 1300. The summed E-state index contributed by atoms with van der Waals surface area (Å²) in [5.74, 6) is -1.04. The molecule has 0 aliphatic carbocycles. The van der Waals surface area contributed by atoms with Crippen molar-refractivity contribution in [1.29, 1.82) is 0 Å². The summed E-state index contributed by atoms with van der Waals surface area (Å²) in [5.41, 5.74) is 0. The van der Waals surface area contributed by atoms with Crippen molar-refractivity contribution in [3.63, 3.8) is 0 Å². The SMILES string of the molecule is CC/C=C/C=C/C=C/C=C/C=C/CCCC(=O)OC(COC(=O)CCCCCCC/C=C/C=C/C=C/CC)COC(=O)CCCCCCCC/C=C/C=C/CCCCC. The lowest BCUT2D eigenvalue weighted by atomic mass is 10.1. The molecular weight excluding hydrogens is 733 g/mol. The Morgan fingerprint density at radius 2 is 0.678 bits per heavy atom. The van der Waals surface area contributed by atoms with Gasteiger partial charge in [-0.1, -0.05) is 200 Å². The molecule has 0 heterocycles. The van der Waals surface area contributed by atoms with Crippen LogP contribution in [0.5, 0.6) is 0 Å². The Morgan fingerprint density at radius 1 is 0.356 bits per heavy atom. The monoisotopic (exact) mass is 815 g/mol. The van der Waals surface area contributed by atoms with Crippen molar-refractivity contribution in [1.82, 2.24) is 0 Å². The van der Waals surface area contributed by atoms with Crippen LogP contribution >= 0.6 is 0 Å². The first-order chi connectivity index (χ1) is 29.0. The Balaban J connectivity index is 4.57. The van der Waals surface area contributed by atoms with Gasteiger partial charge in [0.05, 0.1) is 0 Å². The first kappa shape index (κ1) is 54.8. The topological polar surface area (TPSA) is 78.9 Å². The molecule has 1 atom stereocenters. The standard InChI is InChI=1S/C53H82O6/c1-4-7-10-13-16-19-22-25-26-29-31-34-37-40-43-46-52(55)58-49-50(59-53(56)47-44-41-38-35-32-28-24-21-18-15-12-9-6-3)48-57-51(54)45-42-39-36-33-30-27-23-20-17-14-11-8-5-2/h8-9,11-12,14-25,28,32,35,38,50H,4-7,10,13,26-27,29-31,33-34,36-37,39-49H2,1-3H3/b11-8+,12-9+,17-14+,18-15+,19-16+,23-20+,24-21+,25-22+,32-28+,38-35+. The van der Waals surface area contributed by atoms with Gasteiger partial charge < -0.3 is 14.2 Å². The third-order valence-electron chi connectivity index (χ3n) is 9.15. The van der Waals surface area contributed by atoms with Crippen molar-refractivity contribution in [3.05, 3.63) is 122 Å². The molecule has 0 aromatic heterocycles. The lowest BCUT2D eigenvalue weighted by Crippen LogP contribution is -2.30. The highest BCUT2D eigenvalue weighted by Gasteiger charge is 2.19. The summed E-state index contributed by atoms with van der Waals surface area (Å²) < 4.78 is 16.6. The van der Waals surface area contributed by atoms with Crippen LogP contribution in [0.1, 0.15) is 175 Å². The van der Waals surface area contributed by atoms with Crippen LogP contribution in [0.15, 0.2) is 122 Å². The van der Waals surface area contributed by atoms with Crippen LogP contribution in [0.4, 0.5) is 0 Å². The van der Waals surface area contributed by atoms with E-state index >= 15 is 0 Å². The summed E-state index contributed by atoms with van der Waals surface area (Å²) in [6, 6.07) is 0. The van der Waals surface area contributed by atoms with Crippen LogP contribution in [0.2, 0.25) is 0 Å². The Hall–Kier alpha value is -4.19. The minimum absolute atomic E-state index is 0.124. The fourth-order valence-electron chi connectivity index (χ4n) is 5.70. The molecule has 0 aromatic rings. The molecule has 1 unspecified atom stereocenters. The van der Waals surface area contributed by atoms with Crippen LogP contribution in [-0.4, -0.2) is 37.2 Å². The van der Waals surface area contributed by atoms with Gasteiger partial charge in [-0.2, -0.15) is 0 Å². The van der Waals surface area contributed by atoms with E-state index in [4.69, 9.17) is 14.2 Å². The van der Waals surface area contributed by atoms with Gasteiger partial charge in [0, 0.05) is 19.3 Å². The van der Waals surface area contributed by atoms with Crippen molar-refractivity contribution in [2.75, 3.05) is 13.2 Å². The van der Waals surface area contributed by atoms with Gasteiger partial charge in [0.15, 0.2) is 6.10 Å². The number of allylic oxidation sites excluding steroid dienone is 20. The van der Waals surface area contributed by atoms with Gasteiger partial charge in [-0.15, -0.1) is 0 Å². The second-order valence-corrected chi connectivity index (χ2v) is 14.8. The number of esters is 3. The van der Waals surface area contributed by atoms with Gasteiger partial charge in [-0.05, 0) is 77.0 Å². The molecule has 0 aliphatic heterocycles. The van der Waals surface area contributed by atoms with Crippen molar-refractivity contribution in [2.45, 2.75) is 181 Å². The maximum Gasteiger partial charge on any atom is 0.306 e. The number of rotatable bonds is 39. The van der Waals surface area contributed by atoms with Crippen molar-refractivity contribution in [2.24, 2.45) is 0 Å². The molecule has 330 valence electrons. The van der Waals surface area contributed by atoms with Crippen LogP contribution in [0.25, 0.3) is 0 Å². The van der Waals surface area contributed by atoms with E-state index in [1.165, 1.54) is 32.1 Å². The summed E-state index contributed by atoms with van der Waals surface area (Å²) in [4.78, 5) is 37.8. The van der Waals surface area contributed by atoms with Gasteiger partial charge in [0.1, 0.15) is 13.2 Å². The Morgan fingerprint density at radius 3 is 1.10 bits per heavy atom. The predicted octanol–water partition coefficient (Wildman–Crippen LogP) is 15.0. The highest BCUT2D eigenvalue weighted by atomic mass is 16.6. The van der Waals surface area contributed by atoms with E-state index in [9.17, 15) is 14.4 Å². The average Bonchev–Trinajstić information content (AvgIpc) is 3.23. The first-order valence-electron chi connectivity index (χ1n) is 23.2. The number of hydrogen-bond acceptors (Lipinski definition) is 6. The molecule has 0 amide bonds. The molecule has 0 spiro atoms. The van der Waals surface area contributed by atoms with Crippen molar-refractivity contribution < 1.29 is 28.6 Å². The molecule has 0 radical (unpaired) electrons. The largest absolute Gasteiger partial charge is 0.462 e. The molecule has 6 heteroatoms. The summed E-state index contributed by atoms with van der Waals surface area (Å²) in [6.07, 6.45) is 63.3. The van der Waals surface area contributed by atoms with E-state index in [0.29, 0.717) is 19.3 Å². The lowest BCUT2D eigenvalue weighted by molar-refractivity contribution is -0.167. The van der Waals surface area contributed by atoms with Crippen LogP contribution < -0.4 is 0 Å². The van der Waals surface area contributed by atoms with Crippen LogP contribution in [-0.2, 0) is 28.6 Å². The van der Waals surface area contributed by atoms with Gasteiger partial charge >= 0.3 is 17.9 Å². The van der Waals surface area contributed by atoms with Gasteiger partial charge in [-0.3, -0.25) is 14.4 Å². The smallest absolute Gasteiger partial charge is 0.306 e. The highest BCUT2D eigenvalue weighted by Crippen LogP contribution is 2.12. The van der Waals surface area contributed by atoms with E-state index in [1.807, 2.05) is 60.8 Å². The number of ether oxygens (including phenoxy) is 3. The molecule has 0 saturated carbocycles. The summed E-state index contributed by atoms with van der Waals surface area (Å²) in [5, 5.41) is 0. The van der Waals surface area contributed by atoms with Crippen molar-refractivity contribution in [3.8, 4) is 0 Å². The van der Waals surface area contributed by atoms with Gasteiger partial charge in [0.2, 0.25) is 0 Å². The molecule has 0 bridgehead atoms. The molecule has 59 heavy (non-hydrogen) atoms. The first-order valence-corrected chi connectivity index (χ1v) is 23.2. The lowest BCUT2D eigenvalue weighted by Gasteiger charge is -2.18. The van der Waals surface area contributed by atoms with E-state index in [0.717, 1.165) is 96.3 Å². The number of carbonyl (C=O) groups is 3. The minimum Gasteiger partial charge on any atom is -0.462 e. The van der Waals surface area contributed by atoms with E-state index < -0.39 is 12.1 Å². The van der Waals surface area contributed by atoms with Crippen molar-refractivity contribution >= 4 is 17.9 Å². The molecule has 0 saturated heterocycles. The fraction of sp³-hybridized carbons (Fsp3) is 0.566. The average molecular weight is 815 g/mol. The minimum atomic E-state index is -0.830. The van der Waals surface area contributed by atoms with Crippen LogP contribution in [0, 0.1) is 0 Å². The molecule has 0 aliphatic rings. The van der Waals surface area contributed by atoms with Gasteiger partial charge in [0.25, 0.3) is 0 Å². The summed E-state index contributed by atoms with van der Waals surface area (Å²) in [6.45, 7) is 6.20. The Kier molecular flexibility index (Phi) is 43.2. The zero-order valence-electron chi connectivity index (χ0n) is 37.5. The summed E-state index contributed by atoms with van der Waals surface area (Å²) in [7, 11) is 0. The Labute approximate surface area is 361 Å². The zero-order chi connectivity index (χ0) is 43.0. The second-order valence-electron chi connectivity index (χ2n) is 14.8. The van der Waals surface area contributed by atoms with E-state index in [1.54, 1.807) is 0 Å². The molecule has 0 N–H and O–H groups in total. The third kappa shape index (κ3) is 44.8. The molecular formula is C53H82O6. The van der Waals surface area contributed by atoms with Crippen LogP contribution in [0.3, 0.4) is 0 Å². The predicted molar refractivity (Wildman–Crippen MR) is 251 cm³/mol. The normalized spacial score (nSPS) is 13.2. The number of unbranched alkanes of at least 4 members (excludes halogenated alkanes) is 15. The molecule has 0 aromatic carbocycles. The quantitative estimate of drug-likeness (QED) is 0.0266. The molecule has 6 nitrogen and oxygen atoms in total. The maximum atomic E-state index is 12.7. The molecule has 0 fully saturated rings. The number of carbonyl (C=O) groups excluding carboxylic acids is 3. The van der Waals surface area contributed by atoms with Gasteiger partial charge in [-0.25, -0.2) is 0 Å².